The zero-order valence-electron chi connectivity index (χ0n) is 9.66. The van der Waals surface area contributed by atoms with Gasteiger partial charge in [-0.05, 0) is 18.8 Å². The molecular formula is C12H19NO3. The molecular weight excluding hydrogens is 206 g/mol. The summed E-state index contributed by atoms with van der Waals surface area (Å²) in [7, 11) is 0. The number of carboxylic acid groups (broad SMARTS) is 1. The molecule has 1 saturated heterocycles. The van der Waals surface area contributed by atoms with Gasteiger partial charge in [0.1, 0.15) is 6.04 Å². The summed E-state index contributed by atoms with van der Waals surface area (Å²) in [4.78, 5) is 22.6. The van der Waals surface area contributed by atoms with Crippen molar-refractivity contribution < 1.29 is 14.7 Å². The van der Waals surface area contributed by atoms with Gasteiger partial charge in [0.15, 0.2) is 0 Å². The minimum Gasteiger partial charge on any atom is -0.480 e. The quantitative estimate of drug-likeness (QED) is 0.749. The maximum atomic E-state index is 11.4. The topological polar surface area (TPSA) is 66.4 Å². The number of carbonyl (C=O) groups is 2. The predicted octanol–water partition coefficient (Wildman–Crippen LogP) is 1.55. The molecule has 2 unspecified atom stereocenters. The average molecular weight is 225 g/mol. The van der Waals surface area contributed by atoms with Crippen molar-refractivity contribution in [2.45, 2.75) is 51.5 Å². The summed E-state index contributed by atoms with van der Waals surface area (Å²) in [5, 5.41) is 11.8. The first-order valence-electron chi connectivity index (χ1n) is 6.06. The van der Waals surface area contributed by atoms with Crippen LogP contribution in [0, 0.1) is 11.3 Å². The van der Waals surface area contributed by atoms with Crippen molar-refractivity contribution in [3.05, 3.63) is 0 Å². The molecule has 2 N–H and O–H groups in total. The fourth-order valence-electron chi connectivity index (χ4n) is 3.31. The molecule has 0 aromatic rings. The third-order valence-corrected chi connectivity index (χ3v) is 4.29. The first kappa shape index (κ1) is 11.4. The maximum Gasteiger partial charge on any atom is 0.326 e. The lowest BCUT2D eigenvalue weighted by atomic mass is 9.66. The minimum atomic E-state index is -0.890. The summed E-state index contributed by atoms with van der Waals surface area (Å²) >= 11 is 0. The number of nitrogens with one attached hydrogen (secondary N) is 1. The summed E-state index contributed by atoms with van der Waals surface area (Å²) in [6.45, 7) is 1.96. The standard InChI is InChI=1S/C12H19NO3/c1-12(8-5-3-2-4-6-8)7-9(14)13-10(12)11(15)16/h8,10H,2-7H2,1H3,(H,13,14)(H,15,16). The largest absolute Gasteiger partial charge is 0.480 e. The molecule has 0 bridgehead atoms. The van der Waals surface area contributed by atoms with Gasteiger partial charge in [-0.25, -0.2) is 4.79 Å². The van der Waals surface area contributed by atoms with Gasteiger partial charge in [0, 0.05) is 11.8 Å². The van der Waals surface area contributed by atoms with Crippen molar-refractivity contribution in [1.29, 1.82) is 0 Å². The second-order valence-electron chi connectivity index (χ2n) is 5.36. The normalized spacial score (nSPS) is 36.1. The van der Waals surface area contributed by atoms with Crippen LogP contribution in [0.25, 0.3) is 0 Å². The summed E-state index contributed by atoms with van der Waals surface area (Å²) in [5.74, 6) is -0.624. The molecule has 2 fully saturated rings. The highest BCUT2D eigenvalue weighted by atomic mass is 16.4. The highest BCUT2D eigenvalue weighted by Crippen LogP contribution is 2.45. The van der Waals surface area contributed by atoms with Crippen molar-refractivity contribution in [2.24, 2.45) is 11.3 Å². The van der Waals surface area contributed by atoms with E-state index in [0.29, 0.717) is 12.3 Å². The Morgan fingerprint density at radius 1 is 1.38 bits per heavy atom. The second-order valence-corrected chi connectivity index (χ2v) is 5.36. The number of carboxylic acids is 1. The van der Waals surface area contributed by atoms with E-state index in [1.54, 1.807) is 0 Å². The van der Waals surface area contributed by atoms with Crippen LogP contribution in [-0.4, -0.2) is 23.0 Å². The number of aliphatic carboxylic acids is 1. The zero-order chi connectivity index (χ0) is 11.8. The second kappa shape index (κ2) is 4.07. The van der Waals surface area contributed by atoms with Crippen LogP contribution in [0.4, 0.5) is 0 Å². The Labute approximate surface area is 95.4 Å². The maximum absolute atomic E-state index is 11.4. The molecule has 0 aromatic heterocycles. The van der Waals surface area contributed by atoms with Gasteiger partial charge in [-0.3, -0.25) is 4.79 Å². The number of rotatable bonds is 2. The van der Waals surface area contributed by atoms with Gasteiger partial charge in [0.05, 0.1) is 0 Å². The predicted molar refractivity (Wildman–Crippen MR) is 58.9 cm³/mol. The fourth-order valence-corrected chi connectivity index (χ4v) is 3.31. The highest BCUT2D eigenvalue weighted by molar-refractivity contribution is 5.89. The van der Waals surface area contributed by atoms with Gasteiger partial charge in [0.25, 0.3) is 0 Å². The first-order chi connectivity index (χ1) is 7.54. The van der Waals surface area contributed by atoms with Gasteiger partial charge in [0.2, 0.25) is 5.91 Å². The molecule has 1 aliphatic heterocycles. The Morgan fingerprint density at radius 3 is 2.56 bits per heavy atom. The van der Waals surface area contributed by atoms with Gasteiger partial charge in [-0.1, -0.05) is 26.2 Å². The lowest BCUT2D eigenvalue weighted by Crippen LogP contribution is -2.46. The molecule has 0 spiro atoms. The number of hydrogen-bond acceptors (Lipinski definition) is 2. The zero-order valence-corrected chi connectivity index (χ0v) is 9.66. The monoisotopic (exact) mass is 225 g/mol. The molecule has 4 nitrogen and oxygen atoms in total. The van der Waals surface area contributed by atoms with E-state index in [1.165, 1.54) is 19.3 Å². The van der Waals surface area contributed by atoms with E-state index in [9.17, 15) is 14.7 Å². The Morgan fingerprint density at radius 2 is 2.00 bits per heavy atom. The van der Waals surface area contributed by atoms with Crippen LogP contribution in [0.2, 0.25) is 0 Å². The fraction of sp³-hybridized carbons (Fsp3) is 0.833. The summed E-state index contributed by atoms with van der Waals surface area (Å²) in [6, 6.07) is -0.692. The minimum absolute atomic E-state index is 0.111. The van der Waals surface area contributed by atoms with Crippen LogP contribution in [0.3, 0.4) is 0 Å². The molecule has 90 valence electrons. The van der Waals surface area contributed by atoms with Gasteiger partial charge >= 0.3 is 5.97 Å². The summed E-state index contributed by atoms with van der Waals surface area (Å²) < 4.78 is 0. The summed E-state index contributed by atoms with van der Waals surface area (Å²) in [6.07, 6.45) is 6.08. The molecule has 16 heavy (non-hydrogen) atoms. The lowest BCUT2D eigenvalue weighted by molar-refractivity contribution is -0.143. The van der Waals surface area contributed by atoms with Crippen molar-refractivity contribution in [3.63, 3.8) is 0 Å². The molecule has 2 atom stereocenters. The number of carbonyl (C=O) groups excluding carboxylic acids is 1. The molecule has 2 aliphatic rings. The van der Waals surface area contributed by atoms with Crippen LogP contribution in [0.15, 0.2) is 0 Å². The van der Waals surface area contributed by atoms with Crippen LogP contribution in [0.5, 0.6) is 0 Å². The third kappa shape index (κ3) is 1.81. The Balaban J connectivity index is 2.19. The number of hydrogen-bond donors (Lipinski definition) is 2. The van der Waals surface area contributed by atoms with Crippen LogP contribution >= 0.6 is 0 Å². The van der Waals surface area contributed by atoms with Crippen molar-refractivity contribution >= 4 is 11.9 Å². The van der Waals surface area contributed by atoms with E-state index in [4.69, 9.17) is 0 Å². The lowest BCUT2D eigenvalue weighted by Gasteiger charge is -2.38. The van der Waals surface area contributed by atoms with Crippen LogP contribution in [0.1, 0.15) is 45.4 Å². The summed E-state index contributed by atoms with van der Waals surface area (Å²) in [5.41, 5.74) is -0.386. The molecule has 4 heteroatoms. The smallest absolute Gasteiger partial charge is 0.326 e. The molecule has 1 amide bonds. The van der Waals surface area contributed by atoms with Gasteiger partial charge in [-0.15, -0.1) is 0 Å². The molecule has 0 radical (unpaired) electrons. The van der Waals surface area contributed by atoms with E-state index < -0.39 is 12.0 Å². The number of amides is 1. The van der Waals surface area contributed by atoms with Crippen LogP contribution < -0.4 is 5.32 Å². The van der Waals surface area contributed by atoms with E-state index in [2.05, 4.69) is 5.32 Å². The first-order valence-corrected chi connectivity index (χ1v) is 6.06. The molecule has 1 heterocycles. The Bertz CT molecular complexity index is 309. The van der Waals surface area contributed by atoms with E-state index >= 15 is 0 Å². The van der Waals surface area contributed by atoms with Crippen molar-refractivity contribution in [2.75, 3.05) is 0 Å². The Kier molecular flexibility index (Phi) is 2.91. The molecule has 0 aromatic carbocycles. The van der Waals surface area contributed by atoms with Gasteiger partial charge in [-0.2, -0.15) is 0 Å². The average Bonchev–Trinajstić information content (AvgIpc) is 2.57. The highest BCUT2D eigenvalue weighted by Gasteiger charge is 2.51. The molecule has 1 aliphatic carbocycles. The van der Waals surface area contributed by atoms with Crippen LogP contribution in [-0.2, 0) is 9.59 Å². The Hall–Kier alpha value is -1.06. The van der Waals surface area contributed by atoms with Crippen molar-refractivity contribution in [3.8, 4) is 0 Å². The molecule has 1 saturated carbocycles. The van der Waals surface area contributed by atoms with Gasteiger partial charge < -0.3 is 10.4 Å². The van der Waals surface area contributed by atoms with Crippen molar-refractivity contribution in [1.82, 2.24) is 5.32 Å². The molecule has 2 rings (SSSR count). The third-order valence-electron chi connectivity index (χ3n) is 4.29. The van der Waals surface area contributed by atoms with E-state index in [0.717, 1.165) is 12.8 Å². The SMILES string of the molecule is CC1(C2CCCCC2)CC(=O)NC1C(=O)O. The van der Waals surface area contributed by atoms with E-state index in [-0.39, 0.29) is 11.3 Å². The van der Waals surface area contributed by atoms with E-state index in [1.807, 2.05) is 6.92 Å².